The third kappa shape index (κ3) is 4.44. The summed E-state index contributed by atoms with van der Waals surface area (Å²) in [5, 5.41) is 38.9. The van der Waals surface area contributed by atoms with Crippen molar-refractivity contribution >= 4 is 11.8 Å². The van der Waals surface area contributed by atoms with Crippen LogP contribution >= 0.6 is 11.8 Å². The molecule has 27 heavy (non-hydrogen) atoms. The van der Waals surface area contributed by atoms with Gasteiger partial charge in [0, 0.05) is 6.42 Å². The number of hydrogen-bond donors (Lipinski definition) is 4. The monoisotopic (exact) mass is 394 g/mol. The lowest BCUT2D eigenvalue weighted by atomic mass is 10.0. The van der Waals surface area contributed by atoms with Crippen LogP contribution in [0.2, 0.25) is 0 Å². The molecule has 5 nitrogen and oxygen atoms in total. The van der Waals surface area contributed by atoms with E-state index in [1.165, 1.54) is 6.07 Å². The maximum absolute atomic E-state index is 14.0. The van der Waals surface area contributed by atoms with Crippen LogP contribution in [0.4, 0.5) is 4.39 Å². The molecule has 4 N–H and O–H groups in total. The summed E-state index contributed by atoms with van der Waals surface area (Å²) in [4.78, 5) is 0. The molecule has 0 spiro atoms. The molecule has 1 aliphatic rings. The van der Waals surface area contributed by atoms with Crippen LogP contribution in [0.1, 0.15) is 16.7 Å². The van der Waals surface area contributed by atoms with Gasteiger partial charge in [0.2, 0.25) is 0 Å². The number of aryl methyl sites for hydroxylation is 1. The van der Waals surface area contributed by atoms with Crippen molar-refractivity contribution in [1.29, 1.82) is 0 Å². The van der Waals surface area contributed by atoms with Gasteiger partial charge in [-0.3, -0.25) is 0 Å². The van der Waals surface area contributed by atoms with Crippen LogP contribution < -0.4 is 4.74 Å². The molecular weight excluding hydrogens is 371 g/mol. The van der Waals surface area contributed by atoms with Gasteiger partial charge in [0.25, 0.3) is 0 Å². The van der Waals surface area contributed by atoms with Crippen LogP contribution in [0.3, 0.4) is 0 Å². The lowest BCUT2D eigenvalue weighted by Crippen LogP contribution is -2.55. The van der Waals surface area contributed by atoms with Crippen LogP contribution in [0.5, 0.6) is 5.75 Å². The molecule has 0 aromatic heterocycles. The van der Waals surface area contributed by atoms with Crippen LogP contribution in [0.25, 0.3) is 0 Å². The summed E-state index contributed by atoms with van der Waals surface area (Å²) in [6, 6.07) is 12.0. The quantitative estimate of drug-likeness (QED) is 0.616. The Balaban J connectivity index is 1.85. The fraction of sp³-hybridized carbons (Fsp3) is 0.400. The first-order valence-corrected chi connectivity index (χ1v) is 9.65. The normalized spacial score (nSPS) is 28.1. The SMILES string of the molecule is Cc1ccc(OC2SC(CO)[C@@H](O)C(O)[C@H]2O)c(Cc2ccccc2F)c1. The van der Waals surface area contributed by atoms with Gasteiger partial charge < -0.3 is 25.2 Å². The largest absolute Gasteiger partial charge is 0.477 e. The molecule has 7 heteroatoms. The van der Waals surface area contributed by atoms with E-state index in [1.54, 1.807) is 24.3 Å². The van der Waals surface area contributed by atoms with Gasteiger partial charge in [0.05, 0.1) is 18.0 Å². The summed E-state index contributed by atoms with van der Waals surface area (Å²) in [5.41, 5.74) is 1.37. The summed E-state index contributed by atoms with van der Waals surface area (Å²) in [6.45, 7) is 1.56. The Bertz CT molecular complexity index is 785. The molecule has 1 aliphatic heterocycles. The Morgan fingerprint density at radius 3 is 2.44 bits per heavy atom. The summed E-state index contributed by atoms with van der Waals surface area (Å²) in [5.74, 6) is 0.150. The van der Waals surface area contributed by atoms with Gasteiger partial charge in [-0.1, -0.05) is 35.9 Å². The minimum Gasteiger partial charge on any atom is -0.477 e. The minimum atomic E-state index is -1.42. The zero-order chi connectivity index (χ0) is 19.6. The molecule has 2 aromatic carbocycles. The van der Waals surface area contributed by atoms with E-state index in [9.17, 15) is 24.8 Å². The van der Waals surface area contributed by atoms with Crippen molar-refractivity contribution in [3.8, 4) is 5.75 Å². The Morgan fingerprint density at radius 1 is 1.00 bits per heavy atom. The first-order chi connectivity index (χ1) is 12.9. The number of aliphatic hydroxyl groups excluding tert-OH is 4. The third-order valence-corrected chi connectivity index (χ3v) is 6.07. The fourth-order valence-corrected chi connectivity index (χ4v) is 4.33. The molecule has 5 atom stereocenters. The zero-order valence-corrected chi connectivity index (χ0v) is 15.6. The standard InChI is InChI=1S/C20H23FO5S/c1-11-6-7-15(13(8-11)9-12-4-2-3-5-14(12)21)26-20-19(25)18(24)17(23)16(10-22)27-20/h2-8,16-20,22-25H,9-10H2,1H3/t16?,17-,18?,19-,20?/m1/s1. The molecule has 0 radical (unpaired) electrons. The van der Waals surface area contributed by atoms with E-state index in [1.807, 2.05) is 19.1 Å². The molecular formula is C20H23FO5S. The Labute approximate surface area is 161 Å². The first kappa shape index (κ1) is 20.1. The number of hydrogen-bond acceptors (Lipinski definition) is 6. The van der Waals surface area contributed by atoms with Gasteiger partial charge >= 0.3 is 0 Å². The van der Waals surface area contributed by atoms with Crippen molar-refractivity contribution in [3.63, 3.8) is 0 Å². The minimum absolute atomic E-state index is 0.309. The molecule has 1 heterocycles. The van der Waals surface area contributed by atoms with Crippen LogP contribution in [0, 0.1) is 12.7 Å². The van der Waals surface area contributed by atoms with Crippen molar-refractivity contribution in [2.45, 2.75) is 42.3 Å². The van der Waals surface area contributed by atoms with Crippen molar-refractivity contribution < 1.29 is 29.6 Å². The summed E-state index contributed by atoms with van der Waals surface area (Å²) in [6.07, 6.45) is -3.68. The second-order valence-electron chi connectivity index (χ2n) is 6.69. The van der Waals surface area contributed by atoms with E-state index in [4.69, 9.17) is 4.74 Å². The zero-order valence-electron chi connectivity index (χ0n) is 14.8. The predicted molar refractivity (Wildman–Crippen MR) is 101 cm³/mol. The average Bonchev–Trinajstić information content (AvgIpc) is 2.66. The molecule has 146 valence electrons. The average molecular weight is 394 g/mol. The molecule has 0 amide bonds. The number of benzene rings is 2. The molecule has 0 saturated carbocycles. The Kier molecular flexibility index (Phi) is 6.39. The van der Waals surface area contributed by atoms with Crippen molar-refractivity contribution in [1.82, 2.24) is 0 Å². The Morgan fingerprint density at radius 2 is 1.74 bits per heavy atom. The maximum Gasteiger partial charge on any atom is 0.173 e. The molecule has 0 bridgehead atoms. The van der Waals surface area contributed by atoms with E-state index >= 15 is 0 Å². The predicted octanol–water partition coefficient (Wildman–Crippen LogP) is 1.62. The molecule has 1 fully saturated rings. The van der Waals surface area contributed by atoms with E-state index in [0.29, 0.717) is 17.7 Å². The van der Waals surface area contributed by atoms with Gasteiger partial charge in [-0.05, 0) is 30.2 Å². The second kappa shape index (κ2) is 8.58. The highest BCUT2D eigenvalue weighted by Crippen LogP contribution is 2.36. The second-order valence-corrected chi connectivity index (χ2v) is 8.04. The molecule has 3 rings (SSSR count). The summed E-state index contributed by atoms with van der Waals surface area (Å²) < 4.78 is 20.0. The fourth-order valence-electron chi connectivity index (χ4n) is 3.10. The van der Waals surface area contributed by atoms with Crippen molar-refractivity contribution in [2.75, 3.05) is 6.61 Å². The van der Waals surface area contributed by atoms with Crippen LogP contribution in [-0.2, 0) is 6.42 Å². The van der Waals surface area contributed by atoms with Gasteiger partial charge in [0.1, 0.15) is 23.8 Å². The number of thioether (sulfide) groups is 1. The van der Waals surface area contributed by atoms with Crippen LogP contribution in [0.15, 0.2) is 42.5 Å². The highest BCUT2D eigenvalue weighted by Gasteiger charge is 2.44. The highest BCUT2D eigenvalue weighted by molar-refractivity contribution is 8.00. The number of rotatable bonds is 5. The summed E-state index contributed by atoms with van der Waals surface area (Å²) in [7, 11) is 0. The first-order valence-electron chi connectivity index (χ1n) is 8.71. The lowest BCUT2D eigenvalue weighted by Gasteiger charge is -2.39. The van der Waals surface area contributed by atoms with E-state index in [0.717, 1.165) is 22.9 Å². The Hall–Kier alpha value is -1.64. The van der Waals surface area contributed by atoms with Crippen molar-refractivity contribution in [2.24, 2.45) is 0 Å². The maximum atomic E-state index is 14.0. The molecule has 0 aliphatic carbocycles. The van der Waals surface area contributed by atoms with Crippen LogP contribution in [-0.4, -0.2) is 56.0 Å². The van der Waals surface area contributed by atoms with Crippen molar-refractivity contribution in [3.05, 3.63) is 65.0 Å². The van der Waals surface area contributed by atoms with E-state index < -0.39 is 29.0 Å². The molecule has 2 aromatic rings. The highest BCUT2D eigenvalue weighted by atomic mass is 32.2. The summed E-state index contributed by atoms with van der Waals surface area (Å²) >= 11 is 1.06. The van der Waals surface area contributed by atoms with Gasteiger partial charge in [-0.2, -0.15) is 0 Å². The molecule has 1 saturated heterocycles. The lowest BCUT2D eigenvalue weighted by molar-refractivity contribution is -0.0910. The third-order valence-electron chi connectivity index (χ3n) is 4.65. The van der Waals surface area contributed by atoms with E-state index in [2.05, 4.69) is 0 Å². The van der Waals surface area contributed by atoms with Gasteiger partial charge in [-0.15, -0.1) is 11.8 Å². The van der Waals surface area contributed by atoms with Gasteiger partial charge in [0.15, 0.2) is 5.44 Å². The van der Waals surface area contributed by atoms with E-state index in [-0.39, 0.29) is 12.4 Å². The number of halogens is 1. The smallest absolute Gasteiger partial charge is 0.173 e. The van der Waals surface area contributed by atoms with Gasteiger partial charge in [-0.25, -0.2) is 4.39 Å². The number of ether oxygens (including phenoxy) is 1. The topological polar surface area (TPSA) is 90.2 Å². The number of aliphatic hydroxyl groups is 4. The molecule has 3 unspecified atom stereocenters.